The van der Waals surface area contributed by atoms with Gasteiger partial charge in [-0.05, 0) is 37.3 Å². The van der Waals surface area contributed by atoms with Crippen molar-refractivity contribution in [2.45, 2.75) is 36.5 Å². The Kier molecular flexibility index (Phi) is 7.26. The standard InChI is InChI=1S/C23H29NO5S2/c1-4-23(5-2)15-24(17-9-7-6-8-10-17)18-13-20(30-3)19(29-12-11-22(25)26)14-21(18)31(27,28)16-23/h6-14,27-28H,4-5,15-16H2,1-3H3,(H,25,26). The molecular weight excluding hydrogens is 434 g/mol. The maximum absolute atomic E-state index is 11.3. The van der Waals surface area contributed by atoms with Crippen molar-refractivity contribution in [2.75, 3.05) is 23.5 Å². The predicted molar refractivity (Wildman–Crippen MR) is 128 cm³/mol. The number of hydrogen-bond acceptors (Lipinski definition) is 6. The zero-order valence-corrected chi connectivity index (χ0v) is 19.6. The van der Waals surface area contributed by atoms with E-state index in [1.807, 2.05) is 42.7 Å². The Morgan fingerprint density at radius 2 is 1.90 bits per heavy atom. The molecule has 1 aliphatic rings. The summed E-state index contributed by atoms with van der Waals surface area (Å²) >= 11 is 1.46. The highest BCUT2D eigenvalue weighted by atomic mass is 32.3. The van der Waals surface area contributed by atoms with Crippen LogP contribution in [0.25, 0.3) is 0 Å². The third-order valence-electron chi connectivity index (χ3n) is 5.86. The first kappa shape index (κ1) is 23.5. The molecule has 1 heterocycles. The molecule has 31 heavy (non-hydrogen) atoms. The van der Waals surface area contributed by atoms with Crippen LogP contribution in [-0.2, 0) is 4.79 Å². The van der Waals surface area contributed by atoms with Crippen LogP contribution in [0.4, 0.5) is 11.4 Å². The Bertz CT molecular complexity index is 958. The molecule has 3 rings (SSSR count). The van der Waals surface area contributed by atoms with Crippen molar-refractivity contribution in [1.82, 2.24) is 0 Å². The van der Waals surface area contributed by atoms with E-state index in [0.717, 1.165) is 41.4 Å². The molecule has 0 atom stereocenters. The van der Waals surface area contributed by atoms with Gasteiger partial charge in [0.2, 0.25) is 0 Å². The van der Waals surface area contributed by atoms with Crippen LogP contribution in [0.15, 0.2) is 64.6 Å². The van der Waals surface area contributed by atoms with Crippen LogP contribution in [0.2, 0.25) is 0 Å². The van der Waals surface area contributed by atoms with Crippen LogP contribution >= 0.6 is 22.4 Å². The summed E-state index contributed by atoms with van der Waals surface area (Å²) in [5.74, 6) is -0.445. The minimum Gasteiger partial charge on any atom is -0.478 e. The topological polar surface area (TPSA) is 90.2 Å². The number of ether oxygens (including phenoxy) is 1. The van der Waals surface area contributed by atoms with Crippen LogP contribution in [-0.4, -0.2) is 38.7 Å². The van der Waals surface area contributed by atoms with E-state index in [-0.39, 0.29) is 11.2 Å². The van der Waals surface area contributed by atoms with Gasteiger partial charge in [0.25, 0.3) is 0 Å². The molecule has 3 N–H and O–H groups in total. The second-order valence-corrected chi connectivity index (χ2v) is 10.6. The van der Waals surface area contributed by atoms with Crippen LogP contribution in [0.3, 0.4) is 0 Å². The molecule has 6 nitrogen and oxygen atoms in total. The number of nitrogens with zero attached hydrogens (tertiary/aromatic N) is 1. The molecule has 0 amide bonds. The van der Waals surface area contributed by atoms with Gasteiger partial charge in [0.05, 0.1) is 27.8 Å². The predicted octanol–water partition coefficient (Wildman–Crippen LogP) is 6.45. The smallest absolute Gasteiger partial charge is 0.331 e. The fourth-order valence-corrected chi connectivity index (χ4v) is 6.75. The molecule has 0 aromatic heterocycles. The van der Waals surface area contributed by atoms with E-state index in [9.17, 15) is 13.9 Å². The van der Waals surface area contributed by atoms with E-state index >= 15 is 0 Å². The number of hydrogen-bond donors (Lipinski definition) is 3. The molecule has 2 aromatic carbocycles. The number of aliphatic carboxylic acids is 1. The van der Waals surface area contributed by atoms with Crippen molar-refractivity contribution < 1.29 is 23.7 Å². The second-order valence-electron chi connectivity index (χ2n) is 7.67. The number of carboxylic acid groups (broad SMARTS) is 1. The van der Waals surface area contributed by atoms with Gasteiger partial charge in [-0.3, -0.25) is 9.11 Å². The molecule has 2 aromatic rings. The number of carboxylic acids is 1. The summed E-state index contributed by atoms with van der Waals surface area (Å²) in [6, 6.07) is 13.5. The molecule has 0 aliphatic carbocycles. The van der Waals surface area contributed by atoms with Crippen LogP contribution in [0.5, 0.6) is 5.75 Å². The molecule has 0 fully saturated rings. The van der Waals surface area contributed by atoms with Gasteiger partial charge in [-0.1, -0.05) is 32.0 Å². The highest BCUT2D eigenvalue weighted by Gasteiger charge is 2.41. The fraction of sp³-hybridized carbons (Fsp3) is 0.348. The molecule has 0 radical (unpaired) electrons. The van der Waals surface area contributed by atoms with E-state index in [1.54, 1.807) is 6.07 Å². The number of para-hydroxylation sites is 1. The van der Waals surface area contributed by atoms with Gasteiger partial charge in [-0.25, -0.2) is 4.79 Å². The van der Waals surface area contributed by atoms with E-state index in [2.05, 4.69) is 18.7 Å². The molecular formula is C23H29NO5S2. The lowest BCUT2D eigenvalue weighted by Gasteiger charge is -2.40. The average molecular weight is 464 g/mol. The summed E-state index contributed by atoms with van der Waals surface area (Å²) < 4.78 is 28.2. The molecule has 0 saturated carbocycles. The molecule has 0 bridgehead atoms. The summed E-state index contributed by atoms with van der Waals surface area (Å²) in [5, 5.41) is 8.85. The SMILES string of the molecule is CCC1(CC)CN(c2ccccc2)c2cc(SC)c(OC=CC(=O)O)cc2S(O)(O)C1. The summed E-state index contributed by atoms with van der Waals surface area (Å²) in [4.78, 5) is 14.2. The van der Waals surface area contributed by atoms with Crippen molar-refractivity contribution in [3.63, 3.8) is 0 Å². The molecule has 8 heteroatoms. The quantitative estimate of drug-likeness (QED) is 0.247. The zero-order valence-electron chi connectivity index (χ0n) is 17.9. The van der Waals surface area contributed by atoms with E-state index in [4.69, 9.17) is 9.84 Å². The molecule has 1 aliphatic heterocycles. The fourth-order valence-electron chi connectivity index (χ4n) is 3.91. The first-order valence-electron chi connectivity index (χ1n) is 10.1. The Balaban J connectivity index is 2.22. The van der Waals surface area contributed by atoms with Gasteiger partial charge >= 0.3 is 5.97 Å². The summed E-state index contributed by atoms with van der Waals surface area (Å²) in [7, 11) is -3.11. The van der Waals surface area contributed by atoms with Gasteiger partial charge < -0.3 is 14.7 Å². The molecule has 0 unspecified atom stereocenters. The summed E-state index contributed by atoms with van der Waals surface area (Å²) in [6.45, 7) is 4.85. The number of anilines is 2. The number of fused-ring (bicyclic) bond motifs is 1. The lowest BCUT2D eigenvalue weighted by atomic mass is 9.83. The maximum atomic E-state index is 11.3. The number of carbonyl (C=O) groups is 1. The summed E-state index contributed by atoms with van der Waals surface area (Å²) in [5.41, 5.74) is 1.46. The molecule has 168 valence electrons. The Labute approximate surface area is 189 Å². The van der Waals surface area contributed by atoms with E-state index in [1.165, 1.54) is 11.8 Å². The Hall–Kier alpha value is -2.13. The number of thioether (sulfide) groups is 1. The first-order valence-corrected chi connectivity index (χ1v) is 13.1. The largest absolute Gasteiger partial charge is 0.478 e. The lowest BCUT2D eigenvalue weighted by molar-refractivity contribution is -0.131. The first-order chi connectivity index (χ1) is 14.7. The van der Waals surface area contributed by atoms with Crippen molar-refractivity contribution in [2.24, 2.45) is 5.41 Å². The number of rotatable bonds is 7. The molecule has 0 spiro atoms. The highest BCUT2D eigenvalue weighted by molar-refractivity contribution is 8.24. The Morgan fingerprint density at radius 1 is 1.23 bits per heavy atom. The van der Waals surface area contributed by atoms with Crippen LogP contribution in [0.1, 0.15) is 26.7 Å². The minimum absolute atomic E-state index is 0.266. The third-order valence-corrected chi connectivity index (χ3v) is 8.67. The normalized spacial score (nSPS) is 18.3. The van der Waals surface area contributed by atoms with Crippen molar-refractivity contribution in [3.8, 4) is 5.75 Å². The van der Waals surface area contributed by atoms with Gasteiger partial charge in [-0.2, -0.15) is 10.6 Å². The van der Waals surface area contributed by atoms with Crippen molar-refractivity contribution in [3.05, 3.63) is 54.8 Å². The van der Waals surface area contributed by atoms with Gasteiger partial charge in [0, 0.05) is 29.5 Å². The minimum atomic E-state index is -3.11. The second kappa shape index (κ2) is 9.56. The highest BCUT2D eigenvalue weighted by Crippen LogP contribution is 2.61. The lowest BCUT2D eigenvalue weighted by Crippen LogP contribution is -2.36. The van der Waals surface area contributed by atoms with Gasteiger partial charge in [-0.15, -0.1) is 11.8 Å². The van der Waals surface area contributed by atoms with Crippen LogP contribution < -0.4 is 9.64 Å². The zero-order chi connectivity index (χ0) is 22.6. The van der Waals surface area contributed by atoms with Crippen molar-refractivity contribution in [1.29, 1.82) is 0 Å². The third kappa shape index (κ3) is 5.03. The maximum Gasteiger partial charge on any atom is 0.331 e. The number of benzene rings is 2. The average Bonchev–Trinajstić information content (AvgIpc) is 2.86. The van der Waals surface area contributed by atoms with E-state index in [0.29, 0.717) is 17.2 Å². The van der Waals surface area contributed by atoms with Crippen LogP contribution in [0, 0.1) is 5.41 Å². The Morgan fingerprint density at radius 3 is 2.48 bits per heavy atom. The van der Waals surface area contributed by atoms with Gasteiger partial charge in [0.1, 0.15) is 5.75 Å². The van der Waals surface area contributed by atoms with Crippen molar-refractivity contribution >= 4 is 39.7 Å². The monoisotopic (exact) mass is 463 g/mol. The van der Waals surface area contributed by atoms with Gasteiger partial charge in [0.15, 0.2) is 0 Å². The summed E-state index contributed by atoms with van der Waals surface area (Å²) in [6.07, 6.45) is 5.54. The molecule has 0 saturated heterocycles. The van der Waals surface area contributed by atoms with E-state index < -0.39 is 16.6 Å².